The van der Waals surface area contributed by atoms with Gasteiger partial charge < -0.3 is 15.7 Å². The van der Waals surface area contributed by atoms with E-state index in [0.717, 1.165) is 17.3 Å². The largest absolute Gasteiger partial charge is 0.507 e. The molecule has 1 aliphatic rings. The summed E-state index contributed by atoms with van der Waals surface area (Å²) in [6.45, 7) is 1.27. The van der Waals surface area contributed by atoms with Crippen molar-refractivity contribution in [3.63, 3.8) is 0 Å². The molecule has 0 radical (unpaired) electrons. The van der Waals surface area contributed by atoms with Gasteiger partial charge in [-0.2, -0.15) is 0 Å². The molecule has 0 aromatic heterocycles. The molecule has 3 N–H and O–H groups in total. The smallest absolute Gasteiger partial charge is 0.257 e. The highest BCUT2D eigenvalue weighted by Gasteiger charge is 2.24. The number of likely N-dealkylation sites (tertiary alicyclic amines) is 1. The molecule has 1 aromatic rings. The summed E-state index contributed by atoms with van der Waals surface area (Å²) in [4.78, 5) is 13.9. The number of rotatable bonds is 1. The third-order valence-electron chi connectivity index (χ3n) is 2.93. The van der Waals surface area contributed by atoms with Crippen molar-refractivity contribution >= 4 is 21.8 Å². The number of hydrogen-bond acceptors (Lipinski definition) is 3. The minimum Gasteiger partial charge on any atom is -0.507 e. The number of amides is 1. The van der Waals surface area contributed by atoms with Crippen LogP contribution in [0, 0.1) is 0 Å². The number of carbonyl (C=O) groups excluding carboxylic acids is 1. The predicted octanol–water partition coefficient (Wildman–Crippen LogP) is 1.72. The van der Waals surface area contributed by atoms with Gasteiger partial charge in [0.05, 0.1) is 5.56 Å². The zero-order valence-electron chi connectivity index (χ0n) is 9.40. The normalized spacial score (nSPS) is 20.4. The van der Waals surface area contributed by atoms with E-state index in [1.807, 2.05) is 0 Å². The Kier molecular flexibility index (Phi) is 3.69. The monoisotopic (exact) mass is 298 g/mol. The highest BCUT2D eigenvalue weighted by molar-refractivity contribution is 9.10. The number of nitrogens with two attached hydrogens (primary N) is 1. The minimum atomic E-state index is -0.154. The van der Waals surface area contributed by atoms with Gasteiger partial charge in [0.2, 0.25) is 0 Å². The fourth-order valence-corrected chi connectivity index (χ4v) is 2.41. The van der Waals surface area contributed by atoms with Crippen LogP contribution in [0.5, 0.6) is 5.75 Å². The van der Waals surface area contributed by atoms with Gasteiger partial charge in [-0.15, -0.1) is 0 Å². The van der Waals surface area contributed by atoms with Crippen molar-refractivity contribution < 1.29 is 9.90 Å². The van der Waals surface area contributed by atoms with Gasteiger partial charge in [0.15, 0.2) is 0 Å². The molecule has 0 bridgehead atoms. The van der Waals surface area contributed by atoms with Gasteiger partial charge in [0, 0.05) is 23.6 Å². The molecule has 17 heavy (non-hydrogen) atoms. The van der Waals surface area contributed by atoms with E-state index in [1.54, 1.807) is 17.0 Å². The highest BCUT2D eigenvalue weighted by atomic mass is 79.9. The van der Waals surface area contributed by atoms with Crippen LogP contribution in [0.3, 0.4) is 0 Å². The molecule has 92 valence electrons. The van der Waals surface area contributed by atoms with Crippen molar-refractivity contribution in [1.82, 2.24) is 4.90 Å². The van der Waals surface area contributed by atoms with Gasteiger partial charge in [-0.1, -0.05) is 15.9 Å². The van der Waals surface area contributed by atoms with Gasteiger partial charge in [-0.3, -0.25) is 4.79 Å². The van der Waals surface area contributed by atoms with Crippen molar-refractivity contribution in [3.8, 4) is 5.75 Å². The molecular formula is C12H15BrN2O2. The first kappa shape index (κ1) is 12.4. The van der Waals surface area contributed by atoms with Crippen LogP contribution < -0.4 is 5.73 Å². The SMILES string of the molecule is N[C@@H]1CCCN(C(=O)c2cc(Br)ccc2O)C1. The molecule has 1 saturated heterocycles. The quantitative estimate of drug-likeness (QED) is 0.829. The van der Waals surface area contributed by atoms with E-state index >= 15 is 0 Å². The molecule has 5 heteroatoms. The fraction of sp³-hybridized carbons (Fsp3) is 0.417. The Morgan fingerprint density at radius 3 is 3.00 bits per heavy atom. The summed E-state index contributed by atoms with van der Waals surface area (Å²) < 4.78 is 0.778. The van der Waals surface area contributed by atoms with E-state index in [2.05, 4.69) is 15.9 Å². The Balaban J connectivity index is 2.21. The molecule has 1 atom stereocenters. The number of phenols is 1. The summed E-state index contributed by atoms with van der Waals surface area (Å²) in [5, 5.41) is 9.70. The lowest BCUT2D eigenvalue weighted by atomic mass is 10.1. The van der Waals surface area contributed by atoms with Crippen LogP contribution in [-0.2, 0) is 0 Å². The van der Waals surface area contributed by atoms with Crippen LogP contribution in [0.1, 0.15) is 23.2 Å². The summed E-state index contributed by atoms with van der Waals surface area (Å²) >= 11 is 3.29. The van der Waals surface area contributed by atoms with E-state index in [9.17, 15) is 9.90 Å². The van der Waals surface area contributed by atoms with Crippen LogP contribution in [0.4, 0.5) is 0 Å². The van der Waals surface area contributed by atoms with Gasteiger partial charge in [-0.25, -0.2) is 0 Å². The Morgan fingerprint density at radius 2 is 2.29 bits per heavy atom. The summed E-state index contributed by atoms with van der Waals surface area (Å²) in [5.41, 5.74) is 6.17. The predicted molar refractivity (Wildman–Crippen MR) is 68.9 cm³/mol. The van der Waals surface area contributed by atoms with Gasteiger partial charge in [0.1, 0.15) is 5.75 Å². The highest BCUT2D eigenvalue weighted by Crippen LogP contribution is 2.24. The first-order valence-corrected chi connectivity index (χ1v) is 6.40. The average Bonchev–Trinajstić information content (AvgIpc) is 2.31. The Bertz CT molecular complexity index is 437. The summed E-state index contributed by atoms with van der Waals surface area (Å²) in [6, 6.07) is 4.90. The number of phenolic OH excluding ortho intramolecular Hbond substituents is 1. The topological polar surface area (TPSA) is 66.6 Å². The van der Waals surface area contributed by atoms with Crippen molar-refractivity contribution in [2.24, 2.45) is 5.73 Å². The lowest BCUT2D eigenvalue weighted by molar-refractivity contribution is 0.0705. The molecule has 1 amide bonds. The second kappa shape index (κ2) is 5.06. The lowest BCUT2D eigenvalue weighted by Gasteiger charge is -2.31. The van der Waals surface area contributed by atoms with E-state index in [-0.39, 0.29) is 17.7 Å². The molecule has 1 fully saturated rings. The van der Waals surface area contributed by atoms with Crippen molar-refractivity contribution in [1.29, 1.82) is 0 Å². The number of hydrogen-bond donors (Lipinski definition) is 2. The second-order valence-corrected chi connectivity index (χ2v) is 5.23. The number of nitrogens with zero attached hydrogens (tertiary/aromatic N) is 1. The number of benzene rings is 1. The second-order valence-electron chi connectivity index (χ2n) is 4.31. The van der Waals surface area contributed by atoms with Crippen molar-refractivity contribution in [2.45, 2.75) is 18.9 Å². The van der Waals surface area contributed by atoms with Crippen LogP contribution in [-0.4, -0.2) is 35.0 Å². The third-order valence-corrected chi connectivity index (χ3v) is 3.43. The number of piperidine rings is 1. The van der Waals surface area contributed by atoms with Gasteiger partial charge in [0.25, 0.3) is 5.91 Å². The van der Waals surface area contributed by atoms with Gasteiger partial charge in [-0.05, 0) is 31.0 Å². The average molecular weight is 299 g/mol. The Hall–Kier alpha value is -1.07. The van der Waals surface area contributed by atoms with Crippen molar-refractivity contribution in [3.05, 3.63) is 28.2 Å². The summed E-state index contributed by atoms with van der Waals surface area (Å²) in [7, 11) is 0. The minimum absolute atomic E-state index is 0.0114. The van der Waals surface area contributed by atoms with Gasteiger partial charge >= 0.3 is 0 Å². The molecular weight excluding hydrogens is 284 g/mol. The maximum atomic E-state index is 12.2. The van der Waals surface area contributed by atoms with E-state index < -0.39 is 0 Å². The fourth-order valence-electron chi connectivity index (χ4n) is 2.04. The zero-order chi connectivity index (χ0) is 12.4. The number of carbonyl (C=O) groups is 1. The lowest BCUT2D eigenvalue weighted by Crippen LogP contribution is -2.45. The summed E-state index contributed by atoms with van der Waals surface area (Å²) in [6.07, 6.45) is 1.87. The Labute approximate surface area is 109 Å². The maximum absolute atomic E-state index is 12.2. The number of aromatic hydroxyl groups is 1. The molecule has 1 aliphatic heterocycles. The first-order valence-electron chi connectivity index (χ1n) is 5.61. The molecule has 1 aromatic carbocycles. The van der Waals surface area contributed by atoms with E-state index in [1.165, 1.54) is 6.07 Å². The number of halogens is 1. The van der Waals surface area contributed by atoms with Crippen molar-refractivity contribution in [2.75, 3.05) is 13.1 Å². The Morgan fingerprint density at radius 1 is 1.53 bits per heavy atom. The standard InChI is InChI=1S/C12H15BrN2O2/c13-8-3-4-11(16)10(6-8)12(17)15-5-1-2-9(14)7-15/h3-4,6,9,16H,1-2,5,7,14H2/t9-/m1/s1. The van der Waals surface area contributed by atoms with E-state index in [0.29, 0.717) is 18.7 Å². The first-order chi connectivity index (χ1) is 8.08. The molecule has 2 rings (SSSR count). The zero-order valence-corrected chi connectivity index (χ0v) is 11.0. The third kappa shape index (κ3) is 2.79. The molecule has 0 aliphatic carbocycles. The van der Waals surface area contributed by atoms with Crippen LogP contribution in [0.2, 0.25) is 0 Å². The molecule has 0 unspecified atom stereocenters. The van der Waals surface area contributed by atoms with Crippen LogP contribution in [0.25, 0.3) is 0 Å². The van der Waals surface area contributed by atoms with Crippen LogP contribution >= 0.6 is 15.9 Å². The van der Waals surface area contributed by atoms with Crippen LogP contribution in [0.15, 0.2) is 22.7 Å². The molecule has 0 saturated carbocycles. The molecule has 4 nitrogen and oxygen atoms in total. The maximum Gasteiger partial charge on any atom is 0.257 e. The molecule has 1 heterocycles. The van der Waals surface area contributed by atoms with E-state index in [4.69, 9.17) is 5.73 Å². The summed E-state index contributed by atoms with van der Waals surface area (Å²) in [5.74, 6) is -0.142. The molecule has 0 spiro atoms.